The van der Waals surface area contributed by atoms with Crippen molar-refractivity contribution in [3.63, 3.8) is 0 Å². The highest BCUT2D eigenvalue weighted by atomic mass is 16.3. The highest BCUT2D eigenvalue weighted by Gasteiger charge is 2.22. The summed E-state index contributed by atoms with van der Waals surface area (Å²) in [6.07, 6.45) is 3.58. The largest absolute Gasteiger partial charge is 0.368 e. The highest BCUT2D eigenvalue weighted by Crippen LogP contribution is 2.30. The van der Waals surface area contributed by atoms with E-state index in [4.69, 9.17) is 0 Å². The van der Waals surface area contributed by atoms with Crippen molar-refractivity contribution in [2.75, 3.05) is 36.0 Å². The third-order valence-corrected chi connectivity index (χ3v) is 4.00. The van der Waals surface area contributed by atoms with E-state index >= 15 is 0 Å². The number of hydrogen-bond acceptors (Lipinski definition) is 4. The van der Waals surface area contributed by atoms with Crippen molar-refractivity contribution in [2.24, 2.45) is 0 Å². The zero-order chi connectivity index (χ0) is 15.5. The minimum absolute atomic E-state index is 0.169. The van der Waals surface area contributed by atoms with Crippen molar-refractivity contribution in [1.29, 1.82) is 0 Å². The third-order valence-electron chi connectivity index (χ3n) is 4.00. The number of pyridine rings is 1. The smallest absolute Gasteiger partial charge is 0.191 e. The van der Waals surface area contributed by atoms with Gasteiger partial charge >= 0.3 is 0 Å². The van der Waals surface area contributed by atoms with Gasteiger partial charge in [0.05, 0.1) is 11.3 Å². The fraction of sp³-hybridized carbons (Fsp3) is 0.294. The summed E-state index contributed by atoms with van der Waals surface area (Å²) >= 11 is 0. The normalized spacial score (nSPS) is 15.0. The average Bonchev–Trinajstić information content (AvgIpc) is 2.55. The van der Waals surface area contributed by atoms with Gasteiger partial charge in [0.1, 0.15) is 0 Å². The predicted octanol–water partition coefficient (Wildman–Crippen LogP) is 2.75. The molecule has 0 aliphatic carbocycles. The van der Waals surface area contributed by atoms with E-state index in [9.17, 15) is 9.90 Å². The number of ketones is 1. The summed E-state index contributed by atoms with van der Waals surface area (Å²) in [5.41, 5.74) is 2.22. The molecule has 113 valence electrons. The molecule has 22 heavy (non-hydrogen) atoms. The van der Waals surface area contributed by atoms with Crippen LogP contribution in [0.4, 0.5) is 11.4 Å². The number of carbonyl (C=O) groups is 1. The molecule has 0 amide bonds. The van der Waals surface area contributed by atoms with Crippen LogP contribution in [0.15, 0.2) is 42.7 Å². The van der Waals surface area contributed by atoms with Gasteiger partial charge in [-0.1, -0.05) is 6.07 Å². The molecule has 1 aromatic heterocycles. The molecule has 1 saturated heterocycles. The molecule has 0 saturated carbocycles. The maximum absolute atomic E-state index is 11.9. The van der Waals surface area contributed by atoms with E-state index in [0.717, 1.165) is 37.6 Å². The number of hydrogen-bond donors (Lipinski definition) is 0. The second-order valence-electron chi connectivity index (χ2n) is 5.39. The molecule has 1 aromatic carbocycles. The molecule has 2 heterocycles. The van der Waals surface area contributed by atoms with Crippen LogP contribution >= 0.6 is 0 Å². The summed E-state index contributed by atoms with van der Waals surface area (Å²) in [4.78, 5) is 20.2. The van der Waals surface area contributed by atoms with Crippen molar-refractivity contribution < 1.29 is 9.90 Å². The molecule has 0 N–H and O–H groups in total. The van der Waals surface area contributed by atoms with Crippen molar-refractivity contribution in [1.82, 2.24) is 4.98 Å². The minimum Gasteiger partial charge on any atom is -0.368 e. The number of rotatable bonds is 3. The number of benzene rings is 1. The fourth-order valence-electron chi connectivity index (χ4n) is 2.90. The summed E-state index contributed by atoms with van der Waals surface area (Å²) in [6.45, 7) is 4.72. The Bertz CT molecular complexity index is 665. The van der Waals surface area contributed by atoms with Crippen LogP contribution in [-0.2, 0) is 5.11 Å². The number of anilines is 2. The average molecular weight is 296 g/mol. The number of aromatic nitrogens is 1. The molecule has 1 aliphatic rings. The quantitative estimate of drug-likeness (QED) is 0.817. The van der Waals surface area contributed by atoms with Crippen LogP contribution in [0.5, 0.6) is 5.75 Å². The number of piperazine rings is 1. The standard InChI is InChI=1S/C17H18N3O2/c1-13(21)17-15(3-2-4-16(17)22)20-11-9-19(10-12-20)14-5-7-18-8-6-14/h2-8H,9-12H2,1H3. The Morgan fingerprint density at radius 3 is 2.27 bits per heavy atom. The summed E-state index contributed by atoms with van der Waals surface area (Å²) < 4.78 is 0. The van der Waals surface area contributed by atoms with Gasteiger partial charge in [-0.3, -0.25) is 14.9 Å². The maximum atomic E-state index is 11.9. The third kappa shape index (κ3) is 2.74. The first-order chi connectivity index (χ1) is 10.7. The molecule has 1 radical (unpaired) electrons. The van der Waals surface area contributed by atoms with Crippen LogP contribution < -0.4 is 9.80 Å². The van der Waals surface area contributed by atoms with Gasteiger partial charge in [0.15, 0.2) is 11.5 Å². The van der Waals surface area contributed by atoms with Crippen LogP contribution in [0.1, 0.15) is 17.3 Å². The molecule has 5 nitrogen and oxygen atoms in total. The van der Waals surface area contributed by atoms with Crippen molar-refractivity contribution >= 4 is 17.2 Å². The van der Waals surface area contributed by atoms with Gasteiger partial charge in [0.25, 0.3) is 0 Å². The zero-order valence-electron chi connectivity index (χ0n) is 12.5. The van der Waals surface area contributed by atoms with Crippen LogP contribution in [0.2, 0.25) is 0 Å². The molecule has 0 unspecified atom stereocenters. The van der Waals surface area contributed by atoms with E-state index in [-0.39, 0.29) is 11.5 Å². The molecule has 1 aliphatic heterocycles. The van der Waals surface area contributed by atoms with Gasteiger partial charge in [-0.05, 0) is 31.2 Å². The van der Waals surface area contributed by atoms with Crippen molar-refractivity contribution in [3.05, 3.63) is 48.3 Å². The van der Waals surface area contributed by atoms with Crippen molar-refractivity contribution in [3.8, 4) is 5.75 Å². The van der Waals surface area contributed by atoms with Gasteiger partial charge in [-0.2, -0.15) is 0 Å². The van der Waals surface area contributed by atoms with Crippen LogP contribution in [0.25, 0.3) is 0 Å². The van der Waals surface area contributed by atoms with E-state index in [1.165, 1.54) is 13.0 Å². The Hall–Kier alpha value is -2.56. The van der Waals surface area contributed by atoms with E-state index in [0.29, 0.717) is 5.56 Å². The monoisotopic (exact) mass is 296 g/mol. The Morgan fingerprint density at radius 2 is 1.64 bits per heavy atom. The van der Waals surface area contributed by atoms with Crippen LogP contribution in [0, 0.1) is 0 Å². The first-order valence-electron chi connectivity index (χ1n) is 7.37. The van der Waals surface area contributed by atoms with Gasteiger partial charge < -0.3 is 9.80 Å². The molecular formula is C17H18N3O2. The van der Waals surface area contributed by atoms with E-state index in [1.54, 1.807) is 18.5 Å². The number of carbonyl (C=O) groups excluding carboxylic acids is 1. The molecule has 3 rings (SSSR count). The van der Waals surface area contributed by atoms with E-state index in [1.807, 2.05) is 18.2 Å². The van der Waals surface area contributed by atoms with Gasteiger partial charge in [0, 0.05) is 44.3 Å². The summed E-state index contributed by atoms with van der Waals surface area (Å²) in [5, 5.41) is 11.9. The topological polar surface area (TPSA) is 56.3 Å². The molecule has 5 heteroatoms. The lowest BCUT2D eigenvalue weighted by Crippen LogP contribution is -2.46. The SMILES string of the molecule is CC(=O)c1c([O])cccc1N1CCN(c2ccncc2)CC1. The summed E-state index contributed by atoms with van der Waals surface area (Å²) in [5.74, 6) is -0.362. The second-order valence-corrected chi connectivity index (χ2v) is 5.39. The van der Waals surface area contributed by atoms with E-state index < -0.39 is 0 Å². The maximum Gasteiger partial charge on any atom is 0.191 e. The Morgan fingerprint density at radius 1 is 1.00 bits per heavy atom. The first-order valence-corrected chi connectivity index (χ1v) is 7.37. The second kappa shape index (κ2) is 6.05. The summed E-state index contributed by atoms with van der Waals surface area (Å²) in [7, 11) is 0. The molecular weight excluding hydrogens is 278 g/mol. The Balaban J connectivity index is 1.77. The predicted molar refractivity (Wildman–Crippen MR) is 85.2 cm³/mol. The zero-order valence-corrected chi connectivity index (χ0v) is 12.5. The lowest BCUT2D eigenvalue weighted by atomic mass is 10.1. The molecule has 0 atom stereocenters. The number of Topliss-reactive ketones (excluding diaryl/α,β-unsaturated/α-hetero) is 1. The first kappa shape index (κ1) is 14.4. The molecule has 0 bridgehead atoms. The Kier molecular flexibility index (Phi) is 3.96. The lowest BCUT2D eigenvalue weighted by Gasteiger charge is -2.37. The molecule has 1 fully saturated rings. The van der Waals surface area contributed by atoms with Gasteiger partial charge in [-0.25, -0.2) is 0 Å². The fourth-order valence-corrected chi connectivity index (χ4v) is 2.90. The summed E-state index contributed by atoms with van der Waals surface area (Å²) in [6, 6.07) is 9.02. The number of nitrogens with zero attached hydrogens (tertiary/aromatic N) is 3. The Labute approximate surface area is 129 Å². The van der Waals surface area contributed by atoms with Crippen LogP contribution in [0.3, 0.4) is 0 Å². The molecule has 0 spiro atoms. The minimum atomic E-state index is -0.193. The molecule has 2 aromatic rings. The highest BCUT2D eigenvalue weighted by molar-refractivity contribution is 6.02. The van der Waals surface area contributed by atoms with Gasteiger partial charge in [0.2, 0.25) is 0 Å². The van der Waals surface area contributed by atoms with Crippen molar-refractivity contribution in [2.45, 2.75) is 6.92 Å². The van der Waals surface area contributed by atoms with Gasteiger partial charge in [-0.15, -0.1) is 0 Å². The van der Waals surface area contributed by atoms with Crippen LogP contribution in [-0.4, -0.2) is 36.9 Å². The van der Waals surface area contributed by atoms with E-state index in [2.05, 4.69) is 14.8 Å². The lowest BCUT2D eigenvalue weighted by molar-refractivity contribution is 0.101.